The number of carbonyl (C=O) groups excluding carboxylic acids is 1. The Kier molecular flexibility index (Phi) is 4.60. The maximum absolute atomic E-state index is 12.1. The second-order valence-electron chi connectivity index (χ2n) is 6.30. The summed E-state index contributed by atoms with van der Waals surface area (Å²) in [6.45, 7) is 0. The third-order valence-corrected chi connectivity index (χ3v) is 4.27. The molecule has 0 atom stereocenters. The van der Waals surface area contributed by atoms with E-state index in [0.717, 1.165) is 6.07 Å². The van der Waals surface area contributed by atoms with Gasteiger partial charge in [-0.1, -0.05) is 18.2 Å². The molecule has 11 heteroatoms. The second-order valence-corrected chi connectivity index (χ2v) is 6.30. The smallest absolute Gasteiger partial charge is 0.316 e. The van der Waals surface area contributed by atoms with E-state index in [4.69, 9.17) is 0 Å². The number of amides is 2. The number of aromatic nitrogens is 3. The quantitative estimate of drug-likeness (QED) is 0.233. The number of hydrogen-bond acceptors (Lipinski definition) is 5. The van der Waals surface area contributed by atoms with Crippen molar-refractivity contribution >= 4 is 34.1 Å². The topological polar surface area (TPSA) is 155 Å². The molecule has 4 aromatic rings. The van der Waals surface area contributed by atoms with Crippen molar-refractivity contribution < 1.29 is 9.72 Å². The zero-order chi connectivity index (χ0) is 21.3. The SMILES string of the molecule is O=C(Nc1ccccc1)Nc1ccn(-c2cc3[nH]c(=O)c(=O)[nH]c3cc2[N+](=O)[O-])c1. The van der Waals surface area contributed by atoms with E-state index in [1.54, 1.807) is 30.3 Å². The number of fused-ring (bicyclic) bond motifs is 1. The number of rotatable bonds is 4. The maximum Gasteiger partial charge on any atom is 0.323 e. The number of aromatic amines is 2. The number of para-hydroxylation sites is 1. The van der Waals surface area contributed by atoms with Crippen LogP contribution in [0.3, 0.4) is 0 Å². The van der Waals surface area contributed by atoms with Crippen LogP contribution in [-0.4, -0.2) is 25.5 Å². The van der Waals surface area contributed by atoms with Gasteiger partial charge < -0.3 is 25.2 Å². The van der Waals surface area contributed by atoms with E-state index in [1.165, 1.54) is 23.0 Å². The summed E-state index contributed by atoms with van der Waals surface area (Å²) >= 11 is 0. The van der Waals surface area contributed by atoms with Crippen molar-refractivity contribution in [3.63, 3.8) is 0 Å². The fourth-order valence-corrected chi connectivity index (χ4v) is 2.93. The summed E-state index contributed by atoms with van der Waals surface area (Å²) in [6.07, 6.45) is 3.01. The predicted molar refractivity (Wildman–Crippen MR) is 110 cm³/mol. The molecule has 0 aliphatic carbocycles. The molecular formula is C19H14N6O5. The zero-order valence-electron chi connectivity index (χ0n) is 15.2. The van der Waals surface area contributed by atoms with Crippen molar-refractivity contribution in [1.29, 1.82) is 0 Å². The molecular weight excluding hydrogens is 392 g/mol. The fourth-order valence-electron chi connectivity index (χ4n) is 2.93. The Balaban J connectivity index is 1.66. The van der Waals surface area contributed by atoms with Crippen LogP contribution >= 0.6 is 0 Å². The summed E-state index contributed by atoms with van der Waals surface area (Å²) in [5.41, 5.74) is -0.553. The van der Waals surface area contributed by atoms with E-state index in [-0.39, 0.29) is 22.4 Å². The van der Waals surface area contributed by atoms with E-state index in [1.807, 2.05) is 6.07 Å². The van der Waals surface area contributed by atoms with E-state index in [9.17, 15) is 24.5 Å². The third kappa shape index (κ3) is 3.67. The molecule has 30 heavy (non-hydrogen) atoms. The molecule has 4 rings (SSSR count). The molecule has 2 aromatic carbocycles. The number of nitrogens with zero attached hydrogens (tertiary/aromatic N) is 2. The van der Waals surface area contributed by atoms with Crippen molar-refractivity contribution in [2.45, 2.75) is 0 Å². The number of hydrogen-bond donors (Lipinski definition) is 4. The largest absolute Gasteiger partial charge is 0.323 e. The average molecular weight is 406 g/mol. The predicted octanol–water partition coefficient (Wildman–Crippen LogP) is 2.56. The van der Waals surface area contributed by atoms with Gasteiger partial charge in [0.1, 0.15) is 5.69 Å². The van der Waals surface area contributed by atoms with E-state index >= 15 is 0 Å². The number of H-pyrrole nitrogens is 2. The van der Waals surface area contributed by atoms with Crippen molar-refractivity contribution in [3.05, 3.63) is 91.7 Å². The lowest BCUT2D eigenvalue weighted by Crippen LogP contribution is -2.29. The van der Waals surface area contributed by atoms with E-state index < -0.39 is 22.1 Å². The Morgan fingerprint density at radius 3 is 2.23 bits per heavy atom. The van der Waals surface area contributed by atoms with Gasteiger partial charge in [0.2, 0.25) is 0 Å². The Bertz CT molecular complexity index is 1390. The molecule has 2 heterocycles. The first-order chi connectivity index (χ1) is 14.4. The minimum Gasteiger partial charge on any atom is -0.316 e. The molecule has 11 nitrogen and oxygen atoms in total. The van der Waals surface area contributed by atoms with Gasteiger partial charge in [-0.2, -0.15) is 0 Å². The van der Waals surface area contributed by atoms with Gasteiger partial charge in [0.15, 0.2) is 0 Å². The number of benzene rings is 2. The van der Waals surface area contributed by atoms with Crippen molar-refractivity contribution in [2.75, 3.05) is 10.6 Å². The van der Waals surface area contributed by atoms with Gasteiger partial charge in [0, 0.05) is 24.1 Å². The van der Waals surface area contributed by atoms with Gasteiger partial charge in [-0.3, -0.25) is 19.7 Å². The molecule has 150 valence electrons. The Morgan fingerprint density at radius 2 is 1.57 bits per heavy atom. The summed E-state index contributed by atoms with van der Waals surface area (Å²) in [6, 6.07) is 12.5. The number of anilines is 2. The summed E-state index contributed by atoms with van der Waals surface area (Å²) in [4.78, 5) is 50.8. The van der Waals surface area contributed by atoms with Gasteiger partial charge in [-0.05, 0) is 24.3 Å². The second kappa shape index (κ2) is 7.39. The lowest BCUT2D eigenvalue weighted by atomic mass is 10.2. The number of urea groups is 1. The van der Waals surface area contributed by atoms with Crippen LogP contribution in [0, 0.1) is 10.1 Å². The molecule has 0 aliphatic rings. The van der Waals surface area contributed by atoms with Gasteiger partial charge in [-0.15, -0.1) is 0 Å². The molecule has 0 spiro atoms. The Morgan fingerprint density at radius 1 is 0.933 bits per heavy atom. The summed E-state index contributed by atoms with van der Waals surface area (Å²) in [5.74, 6) is 0. The van der Waals surface area contributed by atoms with Crippen LogP contribution < -0.4 is 21.8 Å². The first kappa shape index (κ1) is 18.7. The van der Waals surface area contributed by atoms with Crippen molar-refractivity contribution in [1.82, 2.24) is 14.5 Å². The molecule has 0 saturated carbocycles. The number of nitro groups is 1. The molecule has 0 unspecified atom stereocenters. The zero-order valence-corrected chi connectivity index (χ0v) is 15.2. The van der Waals surface area contributed by atoms with Crippen LogP contribution in [0.2, 0.25) is 0 Å². The van der Waals surface area contributed by atoms with E-state index in [2.05, 4.69) is 20.6 Å². The molecule has 0 radical (unpaired) electrons. The molecule has 0 bridgehead atoms. The molecule has 0 fully saturated rings. The standard InChI is InChI=1S/C19H14N6O5/c26-17-18(27)23-14-9-16(25(29)30)15(8-13(14)22-17)24-7-6-12(10-24)21-19(28)20-11-4-2-1-3-5-11/h1-10H,(H,22,26)(H,23,27)(H2,20,21,28). The molecule has 2 aromatic heterocycles. The minimum absolute atomic E-state index is 0.128. The average Bonchev–Trinajstić information content (AvgIpc) is 3.17. The highest BCUT2D eigenvalue weighted by atomic mass is 16.6. The number of carbonyl (C=O) groups is 1. The maximum atomic E-state index is 12.1. The number of nitro benzene ring substituents is 1. The first-order valence-electron chi connectivity index (χ1n) is 8.67. The van der Waals surface area contributed by atoms with Gasteiger partial charge in [0.05, 0.1) is 21.6 Å². The summed E-state index contributed by atoms with van der Waals surface area (Å²) < 4.78 is 1.43. The summed E-state index contributed by atoms with van der Waals surface area (Å²) in [5, 5.41) is 16.8. The summed E-state index contributed by atoms with van der Waals surface area (Å²) in [7, 11) is 0. The molecule has 0 aliphatic heterocycles. The van der Waals surface area contributed by atoms with Crippen molar-refractivity contribution in [2.24, 2.45) is 0 Å². The first-order valence-corrected chi connectivity index (χ1v) is 8.67. The third-order valence-electron chi connectivity index (χ3n) is 4.27. The van der Waals surface area contributed by atoms with Crippen LogP contribution in [0.1, 0.15) is 0 Å². The van der Waals surface area contributed by atoms with Gasteiger partial charge >= 0.3 is 17.1 Å². The Labute approximate surface area is 167 Å². The fraction of sp³-hybridized carbons (Fsp3) is 0. The van der Waals surface area contributed by atoms with Gasteiger partial charge in [0.25, 0.3) is 5.69 Å². The lowest BCUT2D eigenvalue weighted by molar-refractivity contribution is -0.384. The highest BCUT2D eigenvalue weighted by Crippen LogP contribution is 2.28. The van der Waals surface area contributed by atoms with Crippen LogP contribution in [0.4, 0.5) is 21.9 Å². The molecule has 2 amide bonds. The minimum atomic E-state index is -0.901. The Hall–Kier alpha value is -4.67. The van der Waals surface area contributed by atoms with Crippen LogP contribution in [0.5, 0.6) is 0 Å². The van der Waals surface area contributed by atoms with Crippen molar-refractivity contribution in [3.8, 4) is 5.69 Å². The van der Waals surface area contributed by atoms with Crippen LogP contribution in [0.15, 0.2) is 70.5 Å². The van der Waals surface area contributed by atoms with Gasteiger partial charge in [-0.25, -0.2) is 4.79 Å². The monoisotopic (exact) mass is 406 g/mol. The highest BCUT2D eigenvalue weighted by molar-refractivity contribution is 5.99. The van der Waals surface area contributed by atoms with Crippen LogP contribution in [-0.2, 0) is 0 Å². The molecule has 4 N–H and O–H groups in total. The highest BCUT2D eigenvalue weighted by Gasteiger charge is 2.18. The normalized spacial score (nSPS) is 10.7. The lowest BCUT2D eigenvalue weighted by Gasteiger charge is -2.07. The van der Waals surface area contributed by atoms with Crippen LogP contribution in [0.25, 0.3) is 16.7 Å². The molecule has 0 saturated heterocycles. The number of nitrogens with one attached hydrogen (secondary N) is 4. The van der Waals surface area contributed by atoms with E-state index in [0.29, 0.717) is 11.4 Å².